The van der Waals surface area contributed by atoms with Crippen molar-refractivity contribution in [1.29, 1.82) is 0 Å². The van der Waals surface area contributed by atoms with Crippen LogP contribution in [0.1, 0.15) is 10.5 Å². The lowest BCUT2D eigenvalue weighted by Crippen LogP contribution is -2.34. The molecule has 0 radical (unpaired) electrons. The average molecular weight is 337 g/mol. The van der Waals surface area contributed by atoms with Gasteiger partial charge in [-0.25, -0.2) is 0 Å². The number of esters is 1. The Bertz CT molecular complexity index is 640. The lowest BCUT2D eigenvalue weighted by molar-refractivity contribution is -0.139. The average Bonchev–Trinajstić information content (AvgIpc) is 2.50. The Labute approximate surface area is 124 Å². The van der Waals surface area contributed by atoms with Crippen molar-refractivity contribution < 1.29 is 14.3 Å². The van der Waals surface area contributed by atoms with Gasteiger partial charge in [0.2, 0.25) is 0 Å². The molecule has 6 heteroatoms. The number of fused-ring (bicyclic) bond motifs is 1. The summed E-state index contributed by atoms with van der Waals surface area (Å²) in [7, 11) is 1.30. The molecule has 0 bridgehead atoms. The van der Waals surface area contributed by atoms with Gasteiger partial charge in [0.15, 0.2) is 0 Å². The highest BCUT2D eigenvalue weighted by Crippen LogP contribution is 2.16. The molecule has 0 saturated heterocycles. The molecule has 5 nitrogen and oxygen atoms in total. The van der Waals surface area contributed by atoms with Crippen LogP contribution in [0.4, 0.5) is 0 Å². The predicted molar refractivity (Wildman–Crippen MR) is 78.8 cm³/mol. The summed E-state index contributed by atoms with van der Waals surface area (Å²) in [6.45, 7) is 0.135. The quantitative estimate of drug-likeness (QED) is 0.684. The molecule has 1 aromatic carbocycles. The normalized spacial score (nSPS) is 11.9. The number of methoxy groups -OCH3 is 1. The van der Waals surface area contributed by atoms with E-state index >= 15 is 0 Å². The number of nitrogens with one attached hydrogen (secondary N) is 1. The highest BCUT2D eigenvalue weighted by molar-refractivity contribution is 9.10. The van der Waals surface area contributed by atoms with Crippen LogP contribution in [0.25, 0.3) is 10.8 Å². The van der Waals surface area contributed by atoms with E-state index in [2.05, 4.69) is 31.0 Å². The third-order valence-corrected chi connectivity index (χ3v) is 3.49. The van der Waals surface area contributed by atoms with Crippen LogP contribution in [0, 0.1) is 0 Å². The van der Waals surface area contributed by atoms with Crippen molar-refractivity contribution in [3.8, 4) is 0 Å². The predicted octanol–water partition coefficient (Wildman–Crippen LogP) is 1.90. The maximum absolute atomic E-state index is 12.1. The first-order valence-corrected chi connectivity index (χ1v) is 6.89. The molecule has 0 aliphatic carbocycles. The molecular weight excluding hydrogens is 324 g/mol. The van der Waals surface area contributed by atoms with Crippen molar-refractivity contribution in [2.24, 2.45) is 0 Å². The summed E-state index contributed by atoms with van der Waals surface area (Å²) in [6.07, 6.45) is 1.59. The van der Waals surface area contributed by atoms with E-state index in [1.54, 1.807) is 6.20 Å². The molecule has 0 aliphatic heterocycles. The first-order valence-electron chi connectivity index (χ1n) is 5.97. The van der Waals surface area contributed by atoms with E-state index in [4.69, 9.17) is 0 Å². The van der Waals surface area contributed by atoms with E-state index in [1.165, 1.54) is 7.11 Å². The molecule has 2 rings (SSSR count). The van der Waals surface area contributed by atoms with Crippen LogP contribution in [0.2, 0.25) is 0 Å². The number of halogens is 1. The van der Waals surface area contributed by atoms with Crippen molar-refractivity contribution in [3.05, 3.63) is 42.2 Å². The fourth-order valence-electron chi connectivity index (χ4n) is 1.78. The summed E-state index contributed by atoms with van der Waals surface area (Å²) >= 11 is 3.14. The molecule has 0 spiro atoms. The van der Waals surface area contributed by atoms with Gasteiger partial charge in [-0.3, -0.25) is 14.6 Å². The van der Waals surface area contributed by atoms with E-state index in [1.807, 2.05) is 30.3 Å². The minimum atomic E-state index is -0.577. The standard InChI is InChI=1S/C14H13BrN2O3/c1-20-14(19)11(15)8-17-13(18)12-10-5-3-2-4-9(10)6-7-16-12/h2-7,11H,8H2,1H3,(H,17,18). The summed E-state index contributed by atoms with van der Waals surface area (Å²) in [5.74, 6) is -0.758. The lowest BCUT2D eigenvalue weighted by Gasteiger charge is -2.10. The Hall–Kier alpha value is -1.95. The Morgan fingerprint density at radius 3 is 2.85 bits per heavy atom. The minimum Gasteiger partial charge on any atom is -0.468 e. The molecule has 1 atom stereocenters. The monoisotopic (exact) mass is 336 g/mol. The number of hydrogen-bond acceptors (Lipinski definition) is 4. The molecule has 1 N–H and O–H groups in total. The van der Waals surface area contributed by atoms with Gasteiger partial charge < -0.3 is 10.1 Å². The highest BCUT2D eigenvalue weighted by Gasteiger charge is 2.18. The largest absolute Gasteiger partial charge is 0.468 e. The number of carbonyl (C=O) groups is 2. The van der Waals surface area contributed by atoms with Crippen molar-refractivity contribution >= 4 is 38.6 Å². The van der Waals surface area contributed by atoms with Crippen molar-refractivity contribution in [2.75, 3.05) is 13.7 Å². The van der Waals surface area contributed by atoms with Gasteiger partial charge in [-0.2, -0.15) is 0 Å². The van der Waals surface area contributed by atoms with Crippen LogP contribution in [0.5, 0.6) is 0 Å². The number of amides is 1. The van der Waals surface area contributed by atoms with Crippen molar-refractivity contribution in [2.45, 2.75) is 4.83 Å². The molecule has 0 aliphatic rings. The van der Waals surface area contributed by atoms with Gasteiger partial charge >= 0.3 is 5.97 Å². The molecule has 0 fully saturated rings. The number of rotatable bonds is 4. The van der Waals surface area contributed by atoms with Crippen molar-refractivity contribution in [3.63, 3.8) is 0 Å². The Balaban J connectivity index is 2.14. The Kier molecular flexibility index (Phi) is 4.68. The van der Waals surface area contributed by atoms with Gasteiger partial charge in [0.1, 0.15) is 10.5 Å². The molecule has 1 aromatic heterocycles. The van der Waals surface area contributed by atoms with Crippen molar-refractivity contribution in [1.82, 2.24) is 10.3 Å². The first kappa shape index (κ1) is 14.5. The van der Waals surface area contributed by atoms with Gasteiger partial charge in [-0.05, 0) is 11.5 Å². The molecule has 1 heterocycles. The van der Waals surface area contributed by atoms with Crippen LogP contribution >= 0.6 is 15.9 Å². The molecule has 0 saturated carbocycles. The maximum atomic E-state index is 12.1. The Morgan fingerprint density at radius 1 is 1.35 bits per heavy atom. The second-order valence-corrected chi connectivity index (χ2v) is 5.19. The molecule has 1 unspecified atom stereocenters. The van der Waals surface area contributed by atoms with Gasteiger partial charge in [0, 0.05) is 18.1 Å². The molecule has 104 valence electrons. The highest BCUT2D eigenvalue weighted by atomic mass is 79.9. The topological polar surface area (TPSA) is 68.3 Å². The van der Waals surface area contributed by atoms with Crippen LogP contribution in [-0.4, -0.2) is 35.3 Å². The summed E-state index contributed by atoms with van der Waals surface area (Å²) < 4.78 is 4.57. The van der Waals surface area contributed by atoms with Crippen LogP contribution in [0.3, 0.4) is 0 Å². The van der Waals surface area contributed by atoms with E-state index in [9.17, 15) is 9.59 Å². The Morgan fingerprint density at radius 2 is 2.10 bits per heavy atom. The number of pyridine rings is 1. The van der Waals surface area contributed by atoms with Gasteiger partial charge in [0.05, 0.1) is 7.11 Å². The lowest BCUT2D eigenvalue weighted by atomic mass is 10.1. The molecule has 1 amide bonds. The summed E-state index contributed by atoms with van der Waals surface area (Å²) in [5, 5.41) is 4.37. The summed E-state index contributed by atoms with van der Waals surface area (Å²) in [6, 6.07) is 9.34. The molecule has 2 aromatic rings. The van der Waals surface area contributed by atoms with E-state index in [-0.39, 0.29) is 12.5 Å². The summed E-state index contributed by atoms with van der Waals surface area (Å²) in [5.41, 5.74) is 0.340. The number of nitrogens with zero attached hydrogens (tertiary/aromatic N) is 1. The fourth-order valence-corrected chi connectivity index (χ4v) is 2.13. The zero-order valence-corrected chi connectivity index (χ0v) is 12.4. The van der Waals surface area contributed by atoms with Gasteiger partial charge in [-0.1, -0.05) is 40.2 Å². The number of alkyl halides is 1. The zero-order valence-electron chi connectivity index (χ0n) is 10.8. The number of aromatic nitrogens is 1. The third-order valence-electron chi connectivity index (χ3n) is 2.79. The number of benzene rings is 1. The number of carbonyl (C=O) groups excluding carboxylic acids is 2. The van der Waals surface area contributed by atoms with Crippen LogP contribution in [0.15, 0.2) is 36.5 Å². The third kappa shape index (κ3) is 3.14. The smallest absolute Gasteiger partial charge is 0.321 e. The number of hydrogen-bond donors (Lipinski definition) is 1. The van der Waals surface area contributed by atoms with Crippen LogP contribution in [-0.2, 0) is 9.53 Å². The molecule has 20 heavy (non-hydrogen) atoms. The van der Waals surface area contributed by atoms with Gasteiger partial charge in [-0.15, -0.1) is 0 Å². The second kappa shape index (κ2) is 6.47. The van der Waals surface area contributed by atoms with Crippen LogP contribution < -0.4 is 5.32 Å². The minimum absolute atomic E-state index is 0.135. The van der Waals surface area contributed by atoms with Gasteiger partial charge in [0.25, 0.3) is 5.91 Å². The molecular formula is C14H13BrN2O3. The van der Waals surface area contributed by atoms with E-state index < -0.39 is 10.8 Å². The van der Waals surface area contributed by atoms with E-state index in [0.29, 0.717) is 5.69 Å². The maximum Gasteiger partial charge on any atom is 0.321 e. The summed E-state index contributed by atoms with van der Waals surface area (Å²) in [4.78, 5) is 26.9. The fraction of sp³-hybridized carbons (Fsp3) is 0.214. The second-order valence-electron chi connectivity index (χ2n) is 4.08. The number of ether oxygens (including phenoxy) is 1. The van der Waals surface area contributed by atoms with E-state index in [0.717, 1.165) is 10.8 Å². The SMILES string of the molecule is COC(=O)C(Br)CNC(=O)c1nccc2ccccc12. The first-order chi connectivity index (χ1) is 9.63. The zero-order chi connectivity index (χ0) is 14.5.